The Morgan fingerprint density at radius 1 is 0.759 bits per heavy atom. The van der Waals surface area contributed by atoms with Crippen molar-refractivity contribution in [1.29, 1.82) is 16.2 Å². The minimum absolute atomic E-state index is 0.00708. The molecule has 0 bridgehead atoms. The molecule has 0 aliphatic heterocycles. The van der Waals surface area contributed by atoms with Crippen LogP contribution in [0, 0.1) is 16.2 Å². The van der Waals surface area contributed by atoms with E-state index in [1.165, 1.54) is 32.1 Å². The number of rotatable bonds is 18. The summed E-state index contributed by atoms with van der Waals surface area (Å²) in [7, 11) is 0. The second kappa shape index (κ2) is 15.5. The van der Waals surface area contributed by atoms with E-state index >= 15 is 0 Å². The van der Waals surface area contributed by atoms with Crippen molar-refractivity contribution in [3.8, 4) is 5.88 Å². The number of ether oxygens (including phenoxy) is 1. The third-order valence-corrected chi connectivity index (χ3v) is 4.84. The Morgan fingerprint density at radius 2 is 1.31 bits per heavy atom. The first-order valence-corrected chi connectivity index (χ1v) is 10.8. The van der Waals surface area contributed by atoms with Crippen LogP contribution in [0.5, 0.6) is 5.88 Å². The zero-order valence-electron chi connectivity index (χ0n) is 17.6. The second-order valence-electron chi connectivity index (χ2n) is 7.56. The lowest BCUT2D eigenvalue weighted by Gasteiger charge is -2.07. The van der Waals surface area contributed by atoms with Crippen LogP contribution in [0.4, 0.5) is 0 Å². The summed E-state index contributed by atoms with van der Waals surface area (Å²) < 4.78 is 5.59. The number of nitrogen functional groups attached to an aromatic ring is 1. The minimum Gasteiger partial charge on any atom is -0.478 e. The lowest BCUT2D eigenvalue weighted by molar-refractivity contribution is 0.294. The highest BCUT2D eigenvalue weighted by Gasteiger charge is 2.01. The Kier molecular flexibility index (Phi) is 13.1. The molecule has 162 valence electrons. The van der Waals surface area contributed by atoms with Gasteiger partial charge in [-0.1, -0.05) is 32.1 Å². The molecular formula is C22H38N6O. The van der Waals surface area contributed by atoms with Crippen molar-refractivity contribution in [2.75, 3.05) is 6.61 Å². The van der Waals surface area contributed by atoms with Gasteiger partial charge in [-0.05, 0) is 51.0 Å². The van der Waals surface area contributed by atoms with Crippen molar-refractivity contribution in [3.63, 3.8) is 0 Å². The number of nitrogens with zero attached hydrogens (tertiary/aromatic N) is 1. The van der Waals surface area contributed by atoms with Crippen molar-refractivity contribution in [2.24, 2.45) is 11.5 Å². The summed E-state index contributed by atoms with van der Waals surface area (Å²) in [6, 6.07) is 3.47. The lowest BCUT2D eigenvalue weighted by Crippen LogP contribution is -2.11. The van der Waals surface area contributed by atoms with Crippen molar-refractivity contribution in [3.05, 3.63) is 23.9 Å². The van der Waals surface area contributed by atoms with Crippen LogP contribution in [0.15, 0.2) is 18.3 Å². The monoisotopic (exact) mass is 402 g/mol. The molecule has 7 N–H and O–H groups in total. The Balaban J connectivity index is 1.90. The maximum absolute atomic E-state index is 8.07. The summed E-state index contributed by atoms with van der Waals surface area (Å²) in [6.07, 6.45) is 15.4. The molecule has 0 fully saturated rings. The summed E-state index contributed by atoms with van der Waals surface area (Å²) in [5.74, 6) is 0.864. The lowest BCUT2D eigenvalue weighted by atomic mass is 10.0. The first-order valence-electron chi connectivity index (χ1n) is 10.8. The van der Waals surface area contributed by atoms with Crippen LogP contribution in [0.3, 0.4) is 0 Å². The normalized spacial score (nSPS) is 10.6. The second-order valence-corrected chi connectivity index (χ2v) is 7.56. The van der Waals surface area contributed by atoms with Gasteiger partial charge < -0.3 is 21.6 Å². The average Bonchev–Trinajstić information content (AvgIpc) is 2.69. The highest BCUT2D eigenvalue weighted by Crippen LogP contribution is 2.12. The SMILES string of the molecule is N=C(N)CCCCCCCCCC(=N)CCCCCOc1ccc(C(=N)N)cn1. The standard InChI is InChI=1S/C22H38N6O/c23-19(11-7-4-2-1-3-5-9-13-20(24)25)12-8-6-10-16-29-21-15-14-18(17-28-21)22(26)27/h14-15,17,23H,1-13,16H2,(H3,24,25)(H3,26,27). The first-order chi connectivity index (χ1) is 14.0. The summed E-state index contributed by atoms with van der Waals surface area (Å²) >= 11 is 0. The molecule has 0 radical (unpaired) electrons. The number of unbranched alkanes of at least 4 members (excludes halogenated alkanes) is 8. The number of aromatic nitrogens is 1. The molecule has 0 amide bonds. The fourth-order valence-corrected chi connectivity index (χ4v) is 3.08. The van der Waals surface area contributed by atoms with Gasteiger partial charge in [0.2, 0.25) is 5.88 Å². The van der Waals surface area contributed by atoms with Crippen LogP contribution < -0.4 is 16.2 Å². The summed E-state index contributed by atoms with van der Waals surface area (Å²) in [5.41, 5.74) is 12.2. The Hall–Kier alpha value is -2.44. The van der Waals surface area contributed by atoms with Crippen LogP contribution in [0.25, 0.3) is 0 Å². The molecule has 0 saturated heterocycles. The third kappa shape index (κ3) is 13.4. The Bertz CT molecular complexity index is 614. The summed E-state index contributed by atoms with van der Waals surface area (Å²) in [4.78, 5) is 4.13. The van der Waals surface area contributed by atoms with Gasteiger partial charge in [0.15, 0.2) is 0 Å². The highest BCUT2D eigenvalue weighted by molar-refractivity contribution is 5.94. The quantitative estimate of drug-likeness (QED) is 0.137. The van der Waals surface area contributed by atoms with Gasteiger partial charge in [0.1, 0.15) is 5.84 Å². The zero-order chi connectivity index (χ0) is 21.3. The van der Waals surface area contributed by atoms with Crippen molar-refractivity contribution in [2.45, 2.75) is 83.5 Å². The van der Waals surface area contributed by atoms with Gasteiger partial charge in [0.05, 0.1) is 12.4 Å². The highest BCUT2D eigenvalue weighted by atomic mass is 16.5. The molecule has 7 heteroatoms. The van der Waals surface area contributed by atoms with Gasteiger partial charge in [0, 0.05) is 30.0 Å². The van der Waals surface area contributed by atoms with E-state index in [2.05, 4.69) is 4.98 Å². The van der Waals surface area contributed by atoms with Gasteiger partial charge >= 0.3 is 0 Å². The molecule has 0 aromatic carbocycles. The van der Waals surface area contributed by atoms with Crippen molar-refractivity contribution < 1.29 is 4.74 Å². The van der Waals surface area contributed by atoms with Crippen molar-refractivity contribution >= 4 is 17.4 Å². The third-order valence-electron chi connectivity index (χ3n) is 4.84. The number of pyridine rings is 1. The van der Waals surface area contributed by atoms with E-state index in [4.69, 9.17) is 32.4 Å². The molecule has 1 aromatic rings. The van der Waals surface area contributed by atoms with Crippen LogP contribution in [0.2, 0.25) is 0 Å². The number of nitrogens with two attached hydrogens (primary N) is 2. The van der Waals surface area contributed by atoms with E-state index in [1.807, 2.05) is 0 Å². The fourth-order valence-electron chi connectivity index (χ4n) is 3.08. The number of hydrogen-bond acceptors (Lipinski definition) is 5. The fraction of sp³-hybridized carbons (Fsp3) is 0.636. The van der Waals surface area contributed by atoms with E-state index in [9.17, 15) is 0 Å². The maximum Gasteiger partial charge on any atom is 0.213 e. The van der Waals surface area contributed by atoms with E-state index in [0.717, 1.165) is 57.1 Å². The van der Waals surface area contributed by atoms with Gasteiger partial charge in [-0.25, -0.2) is 4.98 Å². The number of hydrogen-bond donors (Lipinski definition) is 5. The molecule has 1 heterocycles. The summed E-state index contributed by atoms with van der Waals surface area (Å²) in [5, 5.41) is 22.6. The predicted molar refractivity (Wildman–Crippen MR) is 120 cm³/mol. The molecule has 29 heavy (non-hydrogen) atoms. The van der Waals surface area contributed by atoms with E-state index < -0.39 is 0 Å². The molecule has 0 atom stereocenters. The van der Waals surface area contributed by atoms with Gasteiger partial charge in [-0.3, -0.25) is 10.8 Å². The summed E-state index contributed by atoms with van der Waals surface area (Å²) in [6.45, 7) is 0.617. The predicted octanol–water partition coefficient (Wildman–Crippen LogP) is 4.77. The van der Waals surface area contributed by atoms with E-state index in [1.54, 1.807) is 18.3 Å². The molecule has 0 aliphatic rings. The molecule has 1 rings (SSSR count). The topological polar surface area (TPSA) is 146 Å². The molecule has 0 aliphatic carbocycles. The molecule has 0 saturated carbocycles. The van der Waals surface area contributed by atoms with Crippen LogP contribution in [-0.2, 0) is 0 Å². The molecular weight excluding hydrogens is 364 g/mol. The minimum atomic E-state index is 0.00708. The molecule has 1 aromatic heterocycles. The van der Waals surface area contributed by atoms with Gasteiger partial charge in [-0.2, -0.15) is 0 Å². The molecule has 7 nitrogen and oxygen atoms in total. The molecule has 0 unspecified atom stereocenters. The Labute approximate surface area is 175 Å². The largest absolute Gasteiger partial charge is 0.478 e. The van der Waals surface area contributed by atoms with Gasteiger partial charge in [-0.15, -0.1) is 0 Å². The van der Waals surface area contributed by atoms with Crippen molar-refractivity contribution in [1.82, 2.24) is 4.98 Å². The number of amidine groups is 2. The maximum atomic E-state index is 8.07. The smallest absolute Gasteiger partial charge is 0.213 e. The first kappa shape index (κ1) is 24.6. The van der Waals surface area contributed by atoms with Gasteiger partial charge in [0.25, 0.3) is 0 Å². The average molecular weight is 403 g/mol. The van der Waals surface area contributed by atoms with Crippen LogP contribution in [-0.4, -0.2) is 29.0 Å². The number of nitrogens with one attached hydrogen (secondary N) is 3. The van der Waals surface area contributed by atoms with E-state index in [-0.39, 0.29) is 5.84 Å². The van der Waals surface area contributed by atoms with Crippen LogP contribution >= 0.6 is 0 Å². The van der Waals surface area contributed by atoms with E-state index in [0.29, 0.717) is 23.9 Å². The zero-order valence-corrected chi connectivity index (χ0v) is 17.6. The Morgan fingerprint density at radius 3 is 1.83 bits per heavy atom. The molecule has 0 spiro atoms. The van der Waals surface area contributed by atoms with Crippen LogP contribution in [0.1, 0.15) is 89.0 Å².